The lowest BCUT2D eigenvalue weighted by molar-refractivity contribution is -0.136. The van der Waals surface area contributed by atoms with Gasteiger partial charge in [-0.05, 0) is 13.8 Å². The molecule has 3 N–H and O–H groups in total. The number of hydrogen-bond donors (Lipinski definition) is 2. The lowest BCUT2D eigenvalue weighted by atomic mass is 10.0. The van der Waals surface area contributed by atoms with E-state index in [1.54, 1.807) is 9.80 Å². The van der Waals surface area contributed by atoms with Gasteiger partial charge in [0, 0.05) is 38.8 Å². The van der Waals surface area contributed by atoms with Crippen molar-refractivity contribution in [2.24, 2.45) is 11.7 Å². The molecule has 2 unspecified atom stereocenters. The largest absolute Gasteiger partial charge is 0.339 e. The van der Waals surface area contributed by atoms with Crippen molar-refractivity contribution in [3.8, 4) is 0 Å². The van der Waals surface area contributed by atoms with E-state index in [9.17, 15) is 9.59 Å². The third-order valence-corrected chi connectivity index (χ3v) is 3.38. The molecule has 0 bridgehead atoms. The summed E-state index contributed by atoms with van der Waals surface area (Å²) < 4.78 is 0. The van der Waals surface area contributed by atoms with Gasteiger partial charge in [-0.25, -0.2) is 4.79 Å². The molecule has 0 aliphatic carbocycles. The molecule has 0 aromatic rings. The normalized spacial score (nSPS) is 18.3. The standard InChI is InChI=1S/C12H24N4O2.ClH/c1-4-14-12(18)16-7-5-15(6-8-16)11(17)9(2)10(3)13;/h9-10H,4-8,13H2,1-3H3,(H,14,18);1H. The van der Waals surface area contributed by atoms with Crippen molar-refractivity contribution in [2.45, 2.75) is 26.8 Å². The van der Waals surface area contributed by atoms with Gasteiger partial charge in [0.25, 0.3) is 0 Å². The third-order valence-electron chi connectivity index (χ3n) is 3.38. The predicted octanol–water partition coefficient (Wildman–Crippen LogP) is 0.265. The van der Waals surface area contributed by atoms with Crippen LogP contribution in [0.2, 0.25) is 0 Å². The summed E-state index contributed by atoms with van der Waals surface area (Å²) in [5.41, 5.74) is 5.74. The highest BCUT2D eigenvalue weighted by atomic mass is 35.5. The fourth-order valence-electron chi connectivity index (χ4n) is 1.91. The van der Waals surface area contributed by atoms with Crippen LogP contribution >= 0.6 is 12.4 Å². The first kappa shape index (κ1) is 18.0. The first-order valence-electron chi connectivity index (χ1n) is 6.54. The number of piperazine rings is 1. The van der Waals surface area contributed by atoms with Crippen LogP contribution in [0.15, 0.2) is 0 Å². The topological polar surface area (TPSA) is 78.7 Å². The van der Waals surface area contributed by atoms with Crippen molar-refractivity contribution in [3.63, 3.8) is 0 Å². The van der Waals surface area contributed by atoms with E-state index in [-0.39, 0.29) is 36.3 Å². The number of carbonyl (C=O) groups is 2. The van der Waals surface area contributed by atoms with Crippen LogP contribution in [0.5, 0.6) is 0 Å². The fraction of sp³-hybridized carbons (Fsp3) is 0.833. The number of carbonyl (C=O) groups excluding carboxylic acids is 2. The monoisotopic (exact) mass is 292 g/mol. The second-order valence-electron chi connectivity index (χ2n) is 4.80. The smallest absolute Gasteiger partial charge is 0.317 e. The molecule has 1 saturated heterocycles. The van der Waals surface area contributed by atoms with Crippen LogP contribution in [-0.4, -0.2) is 60.5 Å². The van der Waals surface area contributed by atoms with Crippen LogP contribution in [0, 0.1) is 5.92 Å². The third kappa shape index (κ3) is 4.87. The van der Waals surface area contributed by atoms with Crippen LogP contribution in [0.3, 0.4) is 0 Å². The van der Waals surface area contributed by atoms with Gasteiger partial charge in [0.2, 0.25) is 5.91 Å². The van der Waals surface area contributed by atoms with Crippen LogP contribution in [0.4, 0.5) is 4.79 Å². The Kier molecular flexibility index (Phi) is 7.78. The summed E-state index contributed by atoms with van der Waals surface area (Å²) >= 11 is 0. The van der Waals surface area contributed by atoms with Gasteiger partial charge in [-0.2, -0.15) is 0 Å². The van der Waals surface area contributed by atoms with E-state index in [1.165, 1.54) is 0 Å². The molecule has 1 fully saturated rings. The van der Waals surface area contributed by atoms with Gasteiger partial charge in [-0.1, -0.05) is 6.92 Å². The maximum atomic E-state index is 12.1. The molecular formula is C12H25ClN4O2. The zero-order chi connectivity index (χ0) is 13.7. The van der Waals surface area contributed by atoms with Gasteiger partial charge in [0.05, 0.1) is 5.92 Å². The SMILES string of the molecule is CCNC(=O)N1CCN(C(=O)C(C)C(C)N)CC1.Cl. The van der Waals surface area contributed by atoms with Gasteiger partial charge in [-0.15, -0.1) is 12.4 Å². The Hall–Kier alpha value is -1.01. The summed E-state index contributed by atoms with van der Waals surface area (Å²) in [6, 6.07) is -0.191. The Morgan fingerprint density at radius 2 is 1.63 bits per heavy atom. The van der Waals surface area contributed by atoms with Crippen molar-refractivity contribution < 1.29 is 9.59 Å². The minimum Gasteiger partial charge on any atom is -0.339 e. The van der Waals surface area contributed by atoms with Crippen molar-refractivity contribution in [2.75, 3.05) is 32.7 Å². The highest BCUT2D eigenvalue weighted by Gasteiger charge is 2.27. The predicted molar refractivity (Wildman–Crippen MR) is 77.3 cm³/mol. The van der Waals surface area contributed by atoms with Crippen molar-refractivity contribution in [1.29, 1.82) is 0 Å². The molecule has 7 heteroatoms. The van der Waals surface area contributed by atoms with Crippen LogP contribution in [0.1, 0.15) is 20.8 Å². The molecule has 3 amide bonds. The van der Waals surface area contributed by atoms with E-state index >= 15 is 0 Å². The van der Waals surface area contributed by atoms with E-state index in [0.717, 1.165) is 0 Å². The minimum atomic E-state index is -0.166. The van der Waals surface area contributed by atoms with Gasteiger partial charge >= 0.3 is 6.03 Å². The van der Waals surface area contributed by atoms with E-state index in [2.05, 4.69) is 5.32 Å². The summed E-state index contributed by atoms with van der Waals surface area (Å²) in [4.78, 5) is 27.2. The zero-order valence-corrected chi connectivity index (χ0v) is 12.7. The average molecular weight is 293 g/mol. The molecule has 2 atom stereocenters. The Labute approximate surface area is 121 Å². The molecule has 6 nitrogen and oxygen atoms in total. The molecule has 1 heterocycles. The number of nitrogens with two attached hydrogens (primary N) is 1. The summed E-state index contributed by atoms with van der Waals surface area (Å²) in [7, 11) is 0. The molecule has 0 radical (unpaired) electrons. The molecule has 1 aliphatic rings. The second kappa shape index (κ2) is 8.22. The lowest BCUT2D eigenvalue weighted by Gasteiger charge is -2.36. The van der Waals surface area contributed by atoms with Gasteiger partial charge in [-0.3, -0.25) is 4.79 Å². The van der Waals surface area contributed by atoms with Crippen LogP contribution < -0.4 is 11.1 Å². The highest BCUT2D eigenvalue weighted by Crippen LogP contribution is 2.09. The Morgan fingerprint density at radius 3 is 2.05 bits per heavy atom. The first-order chi connectivity index (χ1) is 8.47. The lowest BCUT2D eigenvalue weighted by Crippen LogP contribution is -2.55. The van der Waals surface area contributed by atoms with Crippen molar-refractivity contribution in [1.82, 2.24) is 15.1 Å². The Morgan fingerprint density at radius 1 is 1.16 bits per heavy atom. The van der Waals surface area contributed by atoms with Gasteiger partial charge < -0.3 is 20.9 Å². The van der Waals surface area contributed by atoms with Gasteiger partial charge in [0.1, 0.15) is 0 Å². The maximum absolute atomic E-state index is 12.1. The van der Waals surface area contributed by atoms with Gasteiger partial charge in [0.15, 0.2) is 0 Å². The number of rotatable bonds is 3. The fourth-order valence-corrected chi connectivity index (χ4v) is 1.91. The summed E-state index contributed by atoms with van der Waals surface area (Å²) in [6.45, 7) is 8.56. The average Bonchev–Trinajstić information content (AvgIpc) is 2.37. The molecule has 0 saturated carbocycles. The molecule has 0 aromatic heterocycles. The van der Waals surface area contributed by atoms with E-state index < -0.39 is 0 Å². The number of hydrogen-bond acceptors (Lipinski definition) is 3. The van der Waals surface area contributed by atoms with E-state index in [1.807, 2.05) is 20.8 Å². The van der Waals surface area contributed by atoms with Crippen molar-refractivity contribution >= 4 is 24.3 Å². The summed E-state index contributed by atoms with van der Waals surface area (Å²) in [5.74, 6) is -0.0819. The highest BCUT2D eigenvalue weighted by molar-refractivity contribution is 5.85. The van der Waals surface area contributed by atoms with E-state index in [0.29, 0.717) is 32.7 Å². The van der Waals surface area contributed by atoms with Crippen LogP contribution in [0.25, 0.3) is 0 Å². The maximum Gasteiger partial charge on any atom is 0.317 e. The molecule has 1 rings (SSSR count). The number of urea groups is 1. The molecule has 1 aliphatic heterocycles. The van der Waals surface area contributed by atoms with Crippen LogP contribution in [-0.2, 0) is 4.79 Å². The number of nitrogens with one attached hydrogen (secondary N) is 1. The zero-order valence-electron chi connectivity index (χ0n) is 11.9. The number of amides is 3. The Balaban J connectivity index is 0.00000324. The number of halogens is 1. The molecule has 112 valence electrons. The second-order valence-corrected chi connectivity index (χ2v) is 4.80. The summed E-state index contributed by atoms with van der Waals surface area (Å²) in [5, 5.41) is 2.76. The van der Waals surface area contributed by atoms with Crippen molar-refractivity contribution in [3.05, 3.63) is 0 Å². The molecule has 0 aromatic carbocycles. The first-order valence-corrected chi connectivity index (χ1v) is 6.54. The Bertz CT molecular complexity index is 304. The number of nitrogens with zero attached hydrogens (tertiary/aromatic N) is 2. The molecule has 19 heavy (non-hydrogen) atoms. The van der Waals surface area contributed by atoms with E-state index in [4.69, 9.17) is 5.73 Å². The quantitative estimate of drug-likeness (QED) is 0.783. The summed E-state index contributed by atoms with van der Waals surface area (Å²) in [6.07, 6.45) is 0. The minimum absolute atomic E-state index is 0. The molecular weight excluding hydrogens is 268 g/mol. The molecule has 0 spiro atoms.